The zero-order chi connectivity index (χ0) is 9.56. The summed E-state index contributed by atoms with van der Waals surface area (Å²) in [5, 5.41) is 17.7. The van der Waals surface area contributed by atoms with Gasteiger partial charge in [0.2, 0.25) is 0 Å². The standard InChI is InChI=1S/C6H14N4O2.Al.3H/c7-4(5(11)12)2-1-3-10-6(8)9;;;;/h4H,1-3,7H2,(H,11,12)(H4,8,9,10);;;;/t4-;;;;/m0..../s1. The summed E-state index contributed by atoms with van der Waals surface area (Å²) in [6, 6.07) is -0.821. The van der Waals surface area contributed by atoms with Gasteiger partial charge in [-0.2, -0.15) is 0 Å². The fourth-order valence-corrected chi connectivity index (χ4v) is 0.669. The van der Waals surface area contributed by atoms with Crippen molar-refractivity contribution in [2.75, 3.05) is 6.54 Å². The van der Waals surface area contributed by atoms with Crippen LogP contribution in [0.25, 0.3) is 0 Å². The molecule has 0 saturated heterocycles. The molecule has 1 atom stereocenters. The van der Waals surface area contributed by atoms with Gasteiger partial charge in [0, 0.05) is 6.54 Å². The summed E-state index contributed by atoms with van der Waals surface area (Å²) in [7, 11) is 0. The number of guanidine groups is 1. The molecule has 0 amide bonds. The molecule has 7 heteroatoms. The third-order valence-electron chi connectivity index (χ3n) is 1.32. The van der Waals surface area contributed by atoms with E-state index in [4.69, 9.17) is 22.0 Å². The van der Waals surface area contributed by atoms with E-state index in [0.717, 1.165) is 0 Å². The van der Waals surface area contributed by atoms with Crippen molar-refractivity contribution in [2.24, 2.45) is 11.5 Å². The predicted molar refractivity (Wildman–Crippen MR) is 54.7 cm³/mol. The molecule has 0 aromatic carbocycles. The summed E-state index contributed by atoms with van der Waals surface area (Å²) in [5.74, 6) is -1.11. The molecule has 0 aliphatic carbocycles. The lowest BCUT2D eigenvalue weighted by atomic mass is 10.2. The topological polar surface area (TPSA) is 125 Å². The van der Waals surface area contributed by atoms with Crippen LogP contribution in [0.5, 0.6) is 0 Å². The highest BCUT2D eigenvalue weighted by molar-refractivity contribution is 5.75. The molecule has 7 N–H and O–H groups in total. The van der Waals surface area contributed by atoms with E-state index < -0.39 is 12.0 Å². The minimum atomic E-state index is -1.00. The molecule has 0 aliphatic rings. The van der Waals surface area contributed by atoms with Crippen molar-refractivity contribution in [3.05, 3.63) is 0 Å². The largest absolute Gasteiger partial charge is 0.480 e. The average Bonchev–Trinajstić information content (AvgIpc) is 1.97. The van der Waals surface area contributed by atoms with Crippen LogP contribution in [0.1, 0.15) is 12.8 Å². The Morgan fingerprint density at radius 1 is 1.62 bits per heavy atom. The first-order valence-corrected chi connectivity index (χ1v) is 3.60. The first-order chi connectivity index (χ1) is 5.54. The van der Waals surface area contributed by atoms with Crippen LogP contribution >= 0.6 is 0 Å². The van der Waals surface area contributed by atoms with Crippen molar-refractivity contribution < 1.29 is 9.90 Å². The first kappa shape index (κ1) is 14.7. The molecule has 0 radical (unpaired) electrons. The lowest BCUT2D eigenvalue weighted by Crippen LogP contribution is -2.34. The summed E-state index contributed by atoms with van der Waals surface area (Å²) < 4.78 is 0. The number of aliphatic carboxylic acids is 1. The predicted octanol–water partition coefficient (Wildman–Crippen LogP) is -2.52. The van der Waals surface area contributed by atoms with Crippen LogP contribution < -0.4 is 16.8 Å². The third-order valence-corrected chi connectivity index (χ3v) is 1.32. The van der Waals surface area contributed by atoms with Crippen molar-refractivity contribution >= 4 is 29.3 Å². The molecule has 0 fully saturated rings. The van der Waals surface area contributed by atoms with Gasteiger partial charge >= 0.3 is 5.97 Å². The van der Waals surface area contributed by atoms with E-state index in [-0.39, 0.29) is 23.3 Å². The van der Waals surface area contributed by atoms with Crippen molar-refractivity contribution in [1.29, 1.82) is 5.41 Å². The summed E-state index contributed by atoms with van der Waals surface area (Å²) in [5.41, 5.74) is 10.2. The van der Waals surface area contributed by atoms with Gasteiger partial charge in [-0.15, -0.1) is 0 Å². The molecule has 6 nitrogen and oxygen atoms in total. The monoisotopic (exact) mass is 204 g/mol. The molecular formula is C6H17AlN4O2. The van der Waals surface area contributed by atoms with E-state index >= 15 is 0 Å². The van der Waals surface area contributed by atoms with Crippen LogP contribution in [-0.4, -0.2) is 47.0 Å². The smallest absolute Gasteiger partial charge is 0.320 e. The van der Waals surface area contributed by atoms with Crippen LogP contribution in [0.2, 0.25) is 0 Å². The first-order valence-electron chi connectivity index (χ1n) is 3.60. The maximum Gasteiger partial charge on any atom is 0.320 e. The highest BCUT2D eigenvalue weighted by Gasteiger charge is 2.09. The Hall–Kier alpha value is -0.768. The summed E-state index contributed by atoms with van der Waals surface area (Å²) >= 11 is 0. The van der Waals surface area contributed by atoms with E-state index in [1.54, 1.807) is 0 Å². The second-order valence-corrected chi connectivity index (χ2v) is 2.43. The lowest BCUT2D eigenvalue weighted by molar-refractivity contribution is -0.138. The second kappa shape index (κ2) is 7.86. The normalized spacial score (nSPS) is 11.2. The van der Waals surface area contributed by atoms with Gasteiger partial charge in [-0.3, -0.25) is 10.2 Å². The Morgan fingerprint density at radius 3 is 2.54 bits per heavy atom. The Labute approximate surface area is 87.3 Å². The van der Waals surface area contributed by atoms with Crippen LogP contribution in [0, 0.1) is 5.41 Å². The van der Waals surface area contributed by atoms with E-state index in [2.05, 4.69) is 5.32 Å². The minimum absolute atomic E-state index is 0. The zero-order valence-corrected chi connectivity index (χ0v) is 6.71. The van der Waals surface area contributed by atoms with E-state index in [0.29, 0.717) is 19.4 Å². The van der Waals surface area contributed by atoms with E-state index in [1.807, 2.05) is 0 Å². The molecule has 0 unspecified atom stereocenters. The maximum absolute atomic E-state index is 10.2. The third kappa shape index (κ3) is 9.14. The maximum atomic E-state index is 10.2. The van der Waals surface area contributed by atoms with E-state index in [1.165, 1.54) is 0 Å². The van der Waals surface area contributed by atoms with Gasteiger partial charge in [-0.1, -0.05) is 0 Å². The molecule has 13 heavy (non-hydrogen) atoms. The molecule has 0 aliphatic heterocycles. The number of hydrogen-bond acceptors (Lipinski definition) is 3. The highest BCUT2D eigenvalue weighted by atomic mass is 27.0. The Bertz CT molecular complexity index is 176. The van der Waals surface area contributed by atoms with Gasteiger partial charge < -0.3 is 21.9 Å². The van der Waals surface area contributed by atoms with Gasteiger partial charge in [0.25, 0.3) is 0 Å². The van der Waals surface area contributed by atoms with Gasteiger partial charge in [0.15, 0.2) is 23.3 Å². The molecule has 0 bridgehead atoms. The molecule has 0 aromatic rings. The molecule has 0 spiro atoms. The fraction of sp³-hybridized carbons (Fsp3) is 0.667. The van der Waals surface area contributed by atoms with Gasteiger partial charge in [-0.25, -0.2) is 0 Å². The van der Waals surface area contributed by atoms with Gasteiger partial charge in [-0.05, 0) is 12.8 Å². The molecule has 0 aromatic heterocycles. The van der Waals surface area contributed by atoms with Crippen molar-refractivity contribution in [3.8, 4) is 0 Å². The number of carboxylic acids is 1. The Morgan fingerprint density at radius 2 is 2.15 bits per heavy atom. The van der Waals surface area contributed by atoms with Crippen molar-refractivity contribution in [3.63, 3.8) is 0 Å². The number of hydrogen-bond donors (Lipinski definition) is 5. The zero-order valence-electron chi connectivity index (χ0n) is 6.71. The second-order valence-electron chi connectivity index (χ2n) is 2.43. The number of nitrogens with two attached hydrogens (primary N) is 2. The molecule has 0 saturated carbocycles. The SMILES string of the molecule is N=C(N)NCCC[C@H](N)C(=O)O.[AlH3]. The van der Waals surface area contributed by atoms with Crippen LogP contribution in [0.3, 0.4) is 0 Å². The quantitative estimate of drug-likeness (QED) is 0.146. The number of rotatable bonds is 5. The van der Waals surface area contributed by atoms with Crippen molar-refractivity contribution in [1.82, 2.24) is 5.32 Å². The van der Waals surface area contributed by atoms with Crippen LogP contribution in [-0.2, 0) is 4.79 Å². The van der Waals surface area contributed by atoms with E-state index in [9.17, 15) is 4.79 Å². The minimum Gasteiger partial charge on any atom is -0.480 e. The fourth-order valence-electron chi connectivity index (χ4n) is 0.669. The highest BCUT2D eigenvalue weighted by Crippen LogP contribution is 1.92. The summed E-state index contributed by atoms with van der Waals surface area (Å²) in [4.78, 5) is 10.2. The molecule has 0 heterocycles. The average molecular weight is 204 g/mol. The van der Waals surface area contributed by atoms with Crippen LogP contribution in [0.15, 0.2) is 0 Å². The van der Waals surface area contributed by atoms with Gasteiger partial charge in [0.1, 0.15) is 6.04 Å². The number of carbonyl (C=O) groups is 1. The van der Waals surface area contributed by atoms with Crippen LogP contribution in [0.4, 0.5) is 0 Å². The Kier molecular flexibility index (Phi) is 8.91. The molecule has 0 rings (SSSR count). The Balaban J connectivity index is 0. The lowest BCUT2D eigenvalue weighted by Gasteiger charge is -2.06. The molecule has 76 valence electrons. The number of nitrogens with one attached hydrogen (secondary N) is 2. The molecular weight excluding hydrogens is 187 g/mol. The summed E-state index contributed by atoms with van der Waals surface area (Å²) in [6.45, 7) is 0.482. The summed E-state index contributed by atoms with van der Waals surface area (Å²) in [6.07, 6.45) is 0.975. The number of carboxylic acid groups (broad SMARTS) is 1. The van der Waals surface area contributed by atoms with Gasteiger partial charge in [0.05, 0.1) is 0 Å². The van der Waals surface area contributed by atoms with Crippen molar-refractivity contribution in [2.45, 2.75) is 18.9 Å².